The third kappa shape index (κ3) is 7.01. The molecule has 0 spiro atoms. The minimum atomic E-state index is 0. The van der Waals surface area contributed by atoms with Gasteiger partial charge in [-0.3, -0.25) is 0 Å². The lowest BCUT2D eigenvalue weighted by molar-refractivity contribution is 0.436. The Labute approximate surface area is 179 Å². The first-order valence-electron chi connectivity index (χ1n) is 9.48. The third-order valence-corrected chi connectivity index (χ3v) is 4.91. The maximum atomic E-state index is 5.96. The maximum absolute atomic E-state index is 5.96. The largest absolute Gasteiger partial charge is 0.370 e. The molecule has 1 fully saturated rings. The molecule has 0 amide bonds. The van der Waals surface area contributed by atoms with Gasteiger partial charge in [0, 0.05) is 25.8 Å². The van der Waals surface area contributed by atoms with Gasteiger partial charge in [-0.1, -0.05) is 43.3 Å². The summed E-state index contributed by atoms with van der Waals surface area (Å²) in [4.78, 5) is 11.4. The van der Waals surface area contributed by atoms with Crippen LogP contribution in [0.25, 0.3) is 0 Å². The van der Waals surface area contributed by atoms with Gasteiger partial charge in [-0.2, -0.15) is 0 Å². The van der Waals surface area contributed by atoms with Crippen molar-refractivity contribution in [2.45, 2.75) is 32.7 Å². The van der Waals surface area contributed by atoms with Gasteiger partial charge in [0.1, 0.15) is 5.82 Å². The lowest BCUT2D eigenvalue weighted by Gasteiger charge is -2.31. The highest BCUT2D eigenvalue weighted by atomic mass is 127. The number of hydrogen-bond donors (Lipinski definition) is 2. The van der Waals surface area contributed by atoms with Crippen LogP contribution in [0.2, 0.25) is 0 Å². The average Bonchev–Trinajstić information content (AvgIpc) is 2.68. The number of halogens is 1. The summed E-state index contributed by atoms with van der Waals surface area (Å²) in [6, 6.07) is 14.6. The molecule has 0 radical (unpaired) electrons. The molecule has 0 bridgehead atoms. The fraction of sp³-hybridized carbons (Fsp3) is 0.429. The van der Waals surface area contributed by atoms with Crippen molar-refractivity contribution >= 4 is 35.8 Å². The molecule has 146 valence electrons. The summed E-state index contributed by atoms with van der Waals surface area (Å²) in [5.74, 6) is 2.38. The first kappa shape index (κ1) is 21.5. The minimum Gasteiger partial charge on any atom is -0.370 e. The van der Waals surface area contributed by atoms with Crippen LogP contribution in [-0.2, 0) is 13.0 Å². The van der Waals surface area contributed by atoms with Crippen molar-refractivity contribution in [3.63, 3.8) is 0 Å². The molecule has 0 aliphatic carbocycles. The molecule has 2 aromatic rings. The monoisotopic (exact) mass is 479 g/mol. The summed E-state index contributed by atoms with van der Waals surface area (Å²) in [6.07, 6.45) is 5.34. The van der Waals surface area contributed by atoms with Crippen molar-refractivity contribution in [1.82, 2.24) is 10.3 Å². The standard InChI is InChI=1S/C21H29N5.HI/c1-17-10-13-26(14-11-17)20-8-7-19(15-24-20)16-25-21(22)23-12-9-18-5-3-2-4-6-18;/h2-8,15,17H,9-14,16H2,1H3,(H3,22,23,25);1H. The van der Waals surface area contributed by atoms with E-state index in [2.05, 4.69) is 51.4 Å². The lowest BCUT2D eigenvalue weighted by Crippen LogP contribution is -2.33. The Morgan fingerprint density at radius 2 is 1.89 bits per heavy atom. The second-order valence-corrected chi connectivity index (χ2v) is 7.06. The van der Waals surface area contributed by atoms with E-state index in [-0.39, 0.29) is 24.0 Å². The van der Waals surface area contributed by atoms with Crippen LogP contribution in [0.4, 0.5) is 5.82 Å². The number of aliphatic imine (C=N–C) groups is 1. The average molecular weight is 479 g/mol. The van der Waals surface area contributed by atoms with E-state index in [1.165, 1.54) is 18.4 Å². The van der Waals surface area contributed by atoms with Crippen LogP contribution in [-0.4, -0.2) is 30.6 Å². The Balaban J connectivity index is 0.00000261. The first-order valence-corrected chi connectivity index (χ1v) is 9.48. The van der Waals surface area contributed by atoms with Crippen LogP contribution in [0.1, 0.15) is 30.9 Å². The maximum Gasteiger partial charge on any atom is 0.188 e. The number of nitrogens with one attached hydrogen (secondary N) is 1. The second-order valence-electron chi connectivity index (χ2n) is 7.06. The third-order valence-electron chi connectivity index (χ3n) is 4.91. The number of nitrogens with zero attached hydrogens (tertiary/aromatic N) is 3. The lowest BCUT2D eigenvalue weighted by atomic mass is 9.99. The number of anilines is 1. The van der Waals surface area contributed by atoms with Gasteiger partial charge >= 0.3 is 0 Å². The van der Waals surface area contributed by atoms with Crippen molar-refractivity contribution in [3.8, 4) is 0 Å². The zero-order chi connectivity index (χ0) is 18.2. The highest BCUT2D eigenvalue weighted by molar-refractivity contribution is 14.0. The quantitative estimate of drug-likeness (QED) is 0.378. The Morgan fingerprint density at radius 1 is 1.15 bits per heavy atom. The Hall–Kier alpha value is -1.83. The molecule has 5 nitrogen and oxygen atoms in total. The molecule has 0 saturated carbocycles. The molecule has 1 aliphatic rings. The predicted octanol–water partition coefficient (Wildman–Crippen LogP) is 3.58. The summed E-state index contributed by atoms with van der Waals surface area (Å²) in [5, 5.41) is 3.17. The van der Waals surface area contributed by atoms with Gasteiger partial charge in [0.25, 0.3) is 0 Å². The normalized spacial score (nSPS) is 15.3. The second kappa shape index (κ2) is 11.1. The summed E-state index contributed by atoms with van der Waals surface area (Å²) in [6.45, 7) is 5.86. The van der Waals surface area contributed by atoms with Crippen LogP contribution in [0.5, 0.6) is 0 Å². The molecule has 1 saturated heterocycles. The van der Waals surface area contributed by atoms with Gasteiger partial charge in [-0.25, -0.2) is 9.98 Å². The predicted molar refractivity (Wildman–Crippen MR) is 124 cm³/mol. The summed E-state index contributed by atoms with van der Waals surface area (Å²) in [5.41, 5.74) is 8.32. The minimum absolute atomic E-state index is 0. The Kier molecular flexibility index (Phi) is 8.84. The number of aromatic nitrogens is 1. The number of nitrogens with two attached hydrogens (primary N) is 1. The van der Waals surface area contributed by atoms with E-state index in [1.807, 2.05) is 24.4 Å². The van der Waals surface area contributed by atoms with Crippen molar-refractivity contribution < 1.29 is 0 Å². The number of pyridine rings is 1. The molecule has 3 rings (SSSR count). The van der Waals surface area contributed by atoms with Crippen molar-refractivity contribution in [2.24, 2.45) is 16.6 Å². The summed E-state index contributed by atoms with van der Waals surface area (Å²) in [7, 11) is 0. The van der Waals surface area contributed by atoms with E-state index in [4.69, 9.17) is 5.73 Å². The summed E-state index contributed by atoms with van der Waals surface area (Å²) < 4.78 is 0. The van der Waals surface area contributed by atoms with Gasteiger partial charge in [0.15, 0.2) is 5.96 Å². The Morgan fingerprint density at radius 3 is 2.56 bits per heavy atom. The zero-order valence-electron chi connectivity index (χ0n) is 16.0. The van der Waals surface area contributed by atoms with Crippen LogP contribution < -0.4 is 16.0 Å². The van der Waals surface area contributed by atoms with Crippen LogP contribution in [0.3, 0.4) is 0 Å². The molecule has 1 aromatic carbocycles. The van der Waals surface area contributed by atoms with Gasteiger partial charge in [-0.15, -0.1) is 24.0 Å². The van der Waals surface area contributed by atoms with Crippen molar-refractivity contribution in [1.29, 1.82) is 0 Å². The van der Waals surface area contributed by atoms with E-state index in [9.17, 15) is 0 Å². The number of piperidine rings is 1. The first-order chi connectivity index (χ1) is 12.7. The fourth-order valence-electron chi connectivity index (χ4n) is 3.15. The SMILES string of the molecule is CC1CCN(c2ccc(CN=C(N)NCCc3ccccc3)cn2)CC1.I. The molecule has 0 unspecified atom stereocenters. The number of hydrogen-bond acceptors (Lipinski definition) is 3. The zero-order valence-corrected chi connectivity index (χ0v) is 18.3. The number of rotatable bonds is 6. The molecule has 1 aliphatic heterocycles. The number of benzene rings is 1. The molecule has 3 N–H and O–H groups in total. The van der Waals surface area contributed by atoms with E-state index in [1.54, 1.807) is 0 Å². The van der Waals surface area contributed by atoms with Crippen LogP contribution in [0.15, 0.2) is 53.7 Å². The molecular formula is C21H30IN5. The summed E-state index contributed by atoms with van der Waals surface area (Å²) >= 11 is 0. The van der Waals surface area contributed by atoms with Crippen molar-refractivity contribution in [3.05, 3.63) is 59.8 Å². The smallest absolute Gasteiger partial charge is 0.188 e. The molecule has 6 heteroatoms. The topological polar surface area (TPSA) is 66.5 Å². The van der Waals surface area contributed by atoms with Crippen LogP contribution in [0, 0.1) is 5.92 Å². The Bertz CT molecular complexity index is 694. The van der Waals surface area contributed by atoms with E-state index < -0.39 is 0 Å². The molecule has 1 aromatic heterocycles. The van der Waals surface area contributed by atoms with E-state index >= 15 is 0 Å². The van der Waals surface area contributed by atoms with Gasteiger partial charge in [0.2, 0.25) is 0 Å². The van der Waals surface area contributed by atoms with E-state index in [0.29, 0.717) is 12.5 Å². The highest BCUT2D eigenvalue weighted by Gasteiger charge is 2.16. The van der Waals surface area contributed by atoms with Gasteiger partial charge in [-0.05, 0) is 42.4 Å². The van der Waals surface area contributed by atoms with Gasteiger partial charge in [0.05, 0.1) is 6.54 Å². The fourth-order valence-corrected chi connectivity index (χ4v) is 3.15. The van der Waals surface area contributed by atoms with Crippen LogP contribution >= 0.6 is 24.0 Å². The molecular weight excluding hydrogens is 449 g/mol. The molecule has 27 heavy (non-hydrogen) atoms. The molecule has 0 atom stereocenters. The molecule has 2 heterocycles. The van der Waals surface area contributed by atoms with Crippen molar-refractivity contribution in [2.75, 3.05) is 24.5 Å². The van der Waals surface area contributed by atoms with Gasteiger partial charge < -0.3 is 16.0 Å². The van der Waals surface area contributed by atoms with E-state index in [0.717, 1.165) is 43.4 Å². The number of guanidine groups is 1. The highest BCUT2D eigenvalue weighted by Crippen LogP contribution is 2.21.